The number of hydrogen-bond acceptors (Lipinski definition) is 4. The molecule has 0 unspecified atom stereocenters. The third-order valence-electron chi connectivity index (χ3n) is 2.30. The minimum atomic E-state index is -1.03. The molecule has 1 aromatic carbocycles. The van der Waals surface area contributed by atoms with Crippen LogP contribution in [0.2, 0.25) is 0 Å². The molecule has 0 radical (unpaired) electrons. The van der Waals surface area contributed by atoms with Crippen LogP contribution in [0.1, 0.15) is 15.9 Å². The summed E-state index contributed by atoms with van der Waals surface area (Å²) in [5.74, 6) is -1.03. The summed E-state index contributed by atoms with van der Waals surface area (Å²) in [5, 5.41) is 70.3. The number of carboxylic acid groups (broad SMARTS) is 1. The number of benzene rings is 1. The number of nitrogens with zero attached hydrogens (tertiary/aromatic N) is 20. The van der Waals surface area contributed by atoms with Crippen LogP contribution in [0, 0.1) is 0 Å². The van der Waals surface area contributed by atoms with E-state index in [4.69, 9.17) is 9.94 Å². The number of carboxylic acids is 1. The van der Waals surface area contributed by atoms with E-state index >= 15 is 0 Å². The number of aromatic carboxylic acids is 1. The average molecular weight is 446 g/mol. The van der Waals surface area contributed by atoms with Crippen molar-refractivity contribution in [3.8, 4) is 0 Å². The van der Waals surface area contributed by atoms with Crippen LogP contribution in [0.25, 0.3) is 0 Å². The van der Waals surface area contributed by atoms with Gasteiger partial charge in [-0.25, -0.2) is 4.79 Å². The van der Waals surface area contributed by atoms with Crippen LogP contribution < -0.4 is 0 Å². The van der Waals surface area contributed by atoms with E-state index in [1.807, 2.05) is 0 Å². The van der Waals surface area contributed by atoms with Gasteiger partial charge in [0.05, 0.1) is 12.6 Å². The molecule has 32 heavy (non-hydrogen) atoms. The average Bonchev–Trinajstić information content (AvgIpc) is 2.80. The Hall–Kier alpha value is -5.51. The molecule has 0 spiro atoms. The Kier molecular flexibility index (Phi) is 13.5. The Morgan fingerprint density at radius 1 is 0.656 bits per heavy atom. The van der Waals surface area contributed by atoms with Gasteiger partial charge in [-0.2, -0.15) is 5.11 Å². The predicted molar refractivity (Wildman–Crippen MR) is 92.7 cm³/mol. The van der Waals surface area contributed by atoms with Crippen LogP contribution in [-0.4, -0.2) is 18.1 Å². The van der Waals surface area contributed by atoms with Gasteiger partial charge in [-0.15, -0.1) is 0 Å². The molecule has 1 rings (SSSR count). The minimum Gasteiger partial charge on any atom is -0.478 e. The van der Waals surface area contributed by atoms with Crippen LogP contribution in [-0.2, 0) is 11.4 Å². The lowest BCUT2D eigenvalue weighted by molar-refractivity contribution is 0.0696. The second kappa shape index (κ2) is 17.6. The first-order chi connectivity index (χ1) is 15.7. The molecule has 1 N–H and O–H groups in total. The fraction of sp³-hybridized carbons (Fsp3) is 0.222. The summed E-state index contributed by atoms with van der Waals surface area (Å²) in [6, 6.07) is 5.97. The molecular weight excluding hydrogens is 436 g/mol. The van der Waals surface area contributed by atoms with E-state index in [9.17, 15) is 4.79 Å². The molecule has 0 bridgehead atoms. The van der Waals surface area contributed by atoms with Gasteiger partial charge >= 0.3 is 5.97 Å². The Morgan fingerprint density at radius 3 is 1.41 bits per heavy atom. The zero-order valence-electron chi connectivity index (χ0n) is 15.7. The quantitative estimate of drug-likeness (QED) is 0.315. The molecule has 164 valence electrons. The van der Waals surface area contributed by atoms with Crippen molar-refractivity contribution in [2.75, 3.05) is 7.05 Å². The third kappa shape index (κ3) is 13.6. The Morgan fingerprint density at radius 2 is 1.03 bits per heavy atom. The van der Waals surface area contributed by atoms with E-state index in [1.54, 1.807) is 12.1 Å². The minimum absolute atomic E-state index is 0.0427. The summed E-state index contributed by atoms with van der Waals surface area (Å²) in [6.45, 7) is 0.0427. The lowest BCUT2D eigenvalue weighted by atomic mass is 10.1. The van der Waals surface area contributed by atoms with Gasteiger partial charge in [0.1, 0.15) is 6.61 Å². The van der Waals surface area contributed by atoms with Crippen molar-refractivity contribution in [2.24, 2.45) is 104 Å². The first-order valence-electron chi connectivity index (χ1n) is 7.57. The van der Waals surface area contributed by atoms with E-state index in [2.05, 4.69) is 104 Å². The van der Waals surface area contributed by atoms with E-state index in [0.29, 0.717) is 5.56 Å². The summed E-state index contributed by atoms with van der Waals surface area (Å²) < 4.78 is 0. The summed E-state index contributed by atoms with van der Waals surface area (Å²) in [7, 11) is 1.39. The van der Waals surface area contributed by atoms with Gasteiger partial charge in [0, 0.05) is 57.5 Å². The monoisotopic (exact) mass is 446 g/mol. The van der Waals surface area contributed by atoms with E-state index in [0.717, 1.165) is 0 Å². The van der Waals surface area contributed by atoms with E-state index in [-0.39, 0.29) is 12.2 Å². The van der Waals surface area contributed by atoms with E-state index < -0.39 is 5.97 Å². The molecule has 23 nitrogen and oxygen atoms in total. The van der Waals surface area contributed by atoms with E-state index in [1.165, 1.54) is 19.2 Å². The number of rotatable bonds is 13. The highest BCUT2D eigenvalue weighted by atomic mass is 16.6. The molecule has 0 aliphatic rings. The first kappa shape index (κ1) is 24.5. The molecule has 0 saturated carbocycles. The van der Waals surface area contributed by atoms with Crippen molar-refractivity contribution in [1.29, 1.82) is 0 Å². The van der Waals surface area contributed by atoms with Crippen LogP contribution in [0.5, 0.6) is 0 Å². The topological polar surface area (TPSA) is 294 Å². The van der Waals surface area contributed by atoms with Crippen molar-refractivity contribution in [2.45, 2.75) is 6.61 Å². The van der Waals surface area contributed by atoms with Gasteiger partial charge in [-0.3, -0.25) is 0 Å². The third-order valence-corrected chi connectivity index (χ3v) is 2.30. The van der Waals surface area contributed by atoms with Crippen LogP contribution in [0.15, 0.2) is 129 Å². The van der Waals surface area contributed by atoms with Gasteiger partial charge < -0.3 is 9.94 Å². The first-order valence-corrected chi connectivity index (χ1v) is 7.57. The molecule has 23 heteroatoms. The molecule has 0 amide bonds. The molecule has 0 saturated heterocycles. The molecular formula is C9H10N20O3. The van der Waals surface area contributed by atoms with Gasteiger partial charge in [-0.1, -0.05) is 12.1 Å². The van der Waals surface area contributed by atoms with Crippen molar-refractivity contribution in [1.82, 2.24) is 0 Å². The van der Waals surface area contributed by atoms with Crippen molar-refractivity contribution >= 4 is 5.97 Å². The zero-order valence-corrected chi connectivity index (χ0v) is 15.7. The normalized spacial score (nSPS) is 13.5. The SMILES string of the molecule is CN=NN=NN=NN=NN=NN=NN=NN=NN=NN=NOCc1ccc(C(=O)O)cc1. The van der Waals surface area contributed by atoms with Gasteiger partial charge in [-0.05, 0) is 59.5 Å². The van der Waals surface area contributed by atoms with Crippen LogP contribution >= 0.6 is 0 Å². The molecule has 0 atom stereocenters. The summed E-state index contributed by atoms with van der Waals surface area (Å²) >= 11 is 0. The maximum atomic E-state index is 10.7. The van der Waals surface area contributed by atoms with Crippen molar-refractivity contribution < 1.29 is 14.7 Å². The number of carbonyl (C=O) groups is 1. The smallest absolute Gasteiger partial charge is 0.335 e. The fourth-order valence-electron chi connectivity index (χ4n) is 1.22. The Bertz CT molecular complexity index is 971. The fourth-order valence-corrected chi connectivity index (χ4v) is 1.22. The Balaban J connectivity index is 2.17. The molecule has 0 aliphatic carbocycles. The molecule has 0 fully saturated rings. The highest BCUT2D eigenvalue weighted by molar-refractivity contribution is 5.87. The van der Waals surface area contributed by atoms with Crippen molar-refractivity contribution in [3.63, 3.8) is 0 Å². The molecule has 0 aromatic heterocycles. The van der Waals surface area contributed by atoms with Gasteiger partial charge in [0.15, 0.2) is 0 Å². The second-order valence-electron chi connectivity index (χ2n) is 4.17. The maximum Gasteiger partial charge on any atom is 0.335 e. The Labute approximate surface area is 175 Å². The van der Waals surface area contributed by atoms with Crippen LogP contribution in [0.4, 0.5) is 0 Å². The number of hydrogen-bond donors (Lipinski definition) is 1. The largest absolute Gasteiger partial charge is 0.478 e. The zero-order chi connectivity index (χ0) is 23.1. The highest BCUT2D eigenvalue weighted by Gasteiger charge is 2.01. The summed E-state index contributed by atoms with van der Waals surface area (Å²) in [6.07, 6.45) is 0. The molecule has 0 heterocycles. The maximum absolute atomic E-state index is 10.7. The predicted octanol–water partition coefficient (Wildman–Crippen LogP) is 5.20. The van der Waals surface area contributed by atoms with Crippen molar-refractivity contribution in [3.05, 3.63) is 35.4 Å². The lowest BCUT2D eigenvalue weighted by Gasteiger charge is -1.98. The molecule has 1 aromatic rings. The molecule has 0 aliphatic heterocycles. The standard InChI is InChI=1S/C9H10N20O3/c1-10-11-12-13-14-15-16-17-18-19-20-21-22-23-24-25-26-27-28-29-32-6-7-2-4-8(5-3-7)9(30)31/h2-5H,6H2,1H3,(H,30,31). The lowest BCUT2D eigenvalue weighted by Crippen LogP contribution is -1.96. The van der Waals surface area contributed by atoms with Gasteiger partial charge in [0.2, 0.25) is 0 Å². The van der Waals surface area contributed by atoms with Gasteiger partial charge in [0.25, 0.3) is 0 Å². The second-order valence-corrected chi connectivity index (χ2v) is 4.17. The summed E-state index contributed by atoms with van der Waals surface area (Å²) in [5.41, 5.74) is 0.826. The highest BCUT2D eigenvalue weighted by Crippen LogP contribution is 2.06. The van der Waals surface area contributed by atoms with Crippen LogP contribution in [0.3, 0.4) is 0 Å². The summed E-state index contributed by atoms with van der Waals surface area (Å²) in [4.78, 5) is 15.5.